The number of hydrogen-bond donors (Lipinski definition) is 0. The number of likely N-dealkylation sites (tertiary alicyclic amines) is 1. The molecular formula is C25H29NOS. The van der Waals surface area contributed by atoms with Crippen LogP contribution in [0.15, 0.2) is 52.9 Å². The largest absolute Gasteiger partial charge is 0.303 e. The Kier molecular flexibility index (Phi) is 6.03. The van der Waals surface area contributed by atoms with Crippen LogP contribution in [0.1, 0.15) is 54.9 Å². The third-order valence-electron chi connectivity index (χ3n) is 5.89. The van der Waals surface area contributed by atoms with Gasteiger partial charge in [0.05, 0.1) is 0 Å². The number of aryl methyl sites for hydroxylation is 1. The SMILES string of the molecule is CC(=O)CCCN1CCC(=C2c3ccccc3CSc3ccc(C)cc32)CC1. The molecule has 2 aliphatic rings. The molecule has 0 aliphatic carbocycles. The van der Waals surface area contributed by atoms with E-state index >= 15 is 0 Å². The van der Waals surface area contributed by atoms with Crippen LogP contribution in [0.2, 0.25) is 0 Å². The Morgan fingerprint density at radius 3 is 2.64 bits per heavy atom. The minimum atomic E-state index is 0.305. The van der Waals surface area contributed by atoms with Crippen LogP contribution in [0.3, 0.4) is 0 Å². The van der Waals surface area contributed by atoms with Gasteiger partial charge in [-0.25, -0.2) is 0 Å². The van der Waals surface area contributed by atoms with Crippen molar-refractivity contribution >= 4 is 23.1 Å². The Hall–Kier alpha value is -1.84. The first kappa shape index (κ1) is 19.5. The summed E-state index contributed by atoms with van der Waals surface area (Å²) in [4.78, 5) is 15.1. The average Bonchev–Trinajstić information content (AvgIpc) is 2.85. The van der Waals surface area contributed by atoms with Crippen molar-refractivity contribution < 1.29 is 4.79 Å². The van der Waals surface area contributed by atoms with Crippen LogP contribution in [-0.2, 0) is 10.5 Å². The lowest BCUT2D eigenvalue weighted by Gasteiger charge is -2.30. The number of Topliss-reactive ketones (excluding diaryl/α,β-unsaturated/α-hetero) is 1. The summed E-state index contributed by atoms with van der Waals surface area (Å²) >= 11 is 1.97. The van der Waals surface area contributed by atoms with Gasteiger partial charge in [0.1, 0.15) is 5.78 Å². The van der Waals surface area contributed by atoms with E-state index in [0.29, 0.717) is 12.2 Å². The van der Waals surface area contributed by atoms with E-state index in [4.69, 9.17) is 0 Å². The summed E-state index contributed by atoms with van der Waals surface area (Å²) in [6.45, 7) is 7.14. The van der Waals surface area contributed by atoms with Gasteiger partial charge < -0.3 is 9.69 Å². The van der Waals surface area contributed by atoms with Crippen molar-refractivity contribution in [2.45, 2.75) is 50.2 Å². The highest BCUT2D eigenvalue weighted by atomic mass is 32.2. The Balaban J connectivity index is 1.65. The number of benzene rings is 2. The molecule has 146 valence electrons. The van der Waals surface area contributed by atoms with Gasteiger partial charge in [-0.2, -0.15) is 0 Å². The van der Waals surface area contributed by atoms with Gasteiger partial charge in [-0.05, 0) is 68.0 Å². The Bertz CT molecular complexity index is 905. The summed E-state index contributed by atoms with van der Waals surface area (Å²) in [7, 11) is 0. The number of carbonyl (C=O) groups excluding carboxylic acids is 1. The second-order valence-electron chi connectivity index (χ2n) is 8.07. The predicted octanol–water partition coefficient (Wildman–Crippen LogP) is 5.87. The monoisotopic (exact) mass is 391 g/mol. The zero-order valence-electron chi connectivity index (χ0n) is 17.0. The summed E-state index contributed by atoms with van der Waals surface area (Å²) in [5.41, 5.74) is 8.73. The number of rotatable bonds is 4. The zero-order valence-corrected chi connectivity index (χ0v) is 17.8. The molecule has 28 heavy (non-hydrogen) atoms. The molecule has 0 amide bonds. The van der Waals surface area contributed by atoms with Gasteiger partial charge in [-0.1, -0.05) is 47.5 Å². The van der Waals surface area contributed by atoms with Crippen LogP contribution in [-0.4, -0.2) is 30.3 Å². The Labute approximate surface area is 173 Å². The molecule has 2 heterocycles. The van der Waals surface area contributed by atoms with Crippen molar-refractivity contribution in [3.05, 3.63) is 70.3 Å². The molecule has 2 aromatic carbocycles. The summed E-state index contributed by atoms with van der Waals surface area (Å²) in [5.74, 6) is 1.35. The topological polar surface area (TPSA) is 20.3 Å². The van der Waals surface area contributed by atoms with Crippen molar-refractivity contribution in [2.24, 2.45) is 0 Å². The summed E-state index contributed by atoms with van der Waals surface area (Å²) in [6, 6.07) is 15.9. The maximum absolute atomic E-state index is 11.2. The first-order chi connectivity index (χ1) is 13.6. The maximum Gasteiger partial charge on any atom is 0.129 e. The Morgan fingerprint density at radius 1 is 1.07 bits per heavy atom. The molecular weight excluding hydrogens is 362 g/mol. The third kappa shape index (κ3) is 4.26. The molecule has 0 bridgehead atoms. The smallest absolute Gasteiger partial charge is 0.129 e. The van der Waals surface area contributed by atoms with Crippen LogP contribution >= 0.6 is 11.8 Å². The van der Waals surface area contributed by atoms with Gasteiger partial charge >= 0.3 is 0 Å². The number of nitrogens with zero attached hydrogens (tertiary/aromatic N) is 1. The van der Waals surface area contributed by atoms with E-state index < -0.39 is 0 Å². The molecule has 0 aromatic heterocycles. The molecule has 0 unspecified atom stereocenters. The highest BCUT2D eigenvalue weighted by Crippen LogP contribution is 2.43. The number of carbonyl (C=O) groups is 1. The van der Waals surface area contributed by atoms with Gasteiger partial charge in [0.15, 0.2) is 0 Å². The quantitative estimate of drug-likeness (QED) is 0.650. The van der Waals surface area contributed by atoms with Crippen molar-refractivity contribution in [3.63, 3.8) is 0 Å². The van der Waals surface area contributed by atoms with Crippen molar-refractivity contribution in [1.29, 1.82) is 0 Å². The van der Waals surface area contributed by atoms with Crippen LogP contribution in [0.25, 0.3) is 5.57 Å². The van der Waals surface area contributed by atoms with Crippen LogP contribution in [0.5, 0.6) is 0 Å². The fourth-order valence-corrected chi connectivity index (χ4v) is 5.43. The molecule has 1 fully saturated rings. The number of fused-ring (bicyclic) bond motifs is 2. The lowest BCUT2D eigenvalue weighted by molar-refractivity contribution is -0.117. The lowest BCUT2D eigenvalue weighted by atomic mass is 9.86. The molecule has 0 atom stereocenters. The number of thioether (sulfide) groups is 1. The number of piperidine rings is 1. The fourth-order valence-electron chi connectivity index (χ4n) is 4.38. The standard InChI is InChI=1S/C25H29NOS/c1-18-9-10-24-23(16-18)25(22-8-4-3-7-21(22)17-28-24)20-11-14-26(15-12-20)13-5-6-19(2)27/h3-4,7-10,16H,5-6,11-15,17H2,1-2H3. The first-order valence-corrected chi connectivity index (χ1v) is 11.4. The van der Waals surface area contributed by atoms with E-state index in [1.54, 1.807) is 12.5 Å². The molecule has 2 aliphatic heterocycles. The second kappa shape index (κ2) is 8.67. The number of hydrogen-bond acceptors (Lipinski definition) is 3. The molecule has 3 heteroatoms. The molecule has 0 spiro atoms. The average molecular weight is 392 g/mol. The molecule has 4 rings (SSSR count). The van der Waals surface area contributed by atoms with E-state index in [-0.39, 0.29) is 0 Å². The van der Waals surface area contributed by atoms with Gasteiger partial charge in [0.25, 0.3) is 0 Å². The van der Waals surface area contributed by atoms with E-state index in [1.165, 1.54) is 32.7 Å². The van der Waals surface area contributed by atoms with Crippen molar-refractivity contribution in [1.82, 2.24) is 4.90 Å². The van der Waals surface area contributed by atoms with Crippen LogP contribution < -0.4 is 0 Å². The maximum atomic E-state index is 11.2. The van der Waals surface area contributed by atoms with E-state index in [2.05, 4.69) is 54.3 Å². The van der Waals surface area contributed by atoms with Crippen LogP contribution in [0, 0.1) is 6.92 Å². The van der Waals surface area contributed by atoms with E-state index in [1.807, 2.05) is 11.8 Å². The van der Waals surface area contributed by atoms with Crippen molar-refractivity contribution in [2.75, 3.05) is 19.6 Å². The first-order valence-electron chi connectivity index (χ1n) is 10.4. The second-order valence-corrected chi connectivity index (χ2v) is 9.09. The lowest BCUT2D eigenvalue weighted by Crippen LogP contribution is -2.32. The molecule has 1 saturated heterocycles. The minimum absolute atomic E-state index is 0.305. The normalized spacial score (nSPS) is 17.1. The van der Waals surface area contributed by atoms with Gasteiger partial charge in [-0.15, -0.1) is 11.8 Å². The number of ketones is 1. The summed E-state index contributed by atoms with van der Waals surface area (Å²) < 4.78 is 0. The van der Waals surface area contributed by atoms with Crippen molar-refractivity contribution in [3.8, 4) is 0 Å². The molecule has 0 radical (unpaired) electrons. The highest BCUT2D eigenvalue weighted by molar-refractivity contribution is 7.98. The third-order valence-corrected chi connectivity index (χ3v) is 7.01. The minimum Gasteiger partial charge on any atom is -0.303 e. The summed E-state index contributed by atoms with van der Waals surface area (Å²) in [6.07, 6.45) is 3.95. The fraction of sp³-hybridized carbons (Fsp3) is 0.400. The Morgan fingerprint density at radius 2 is 1.86 bits per heavy atom. The van der Waals surface area contributed by atoms with Crippen LogP contribution in [0.4, 0.5) is 0 Å². The molecule has 0 saturated carbocycles. The summed E-state index contributed by atoms with van der Waals surface area (Å²) in [5, 5.41) is 0. The van der Waals surface area contributed by atoms with Gasteiger partial charge in [0, 0.05) is 30.2 Å². The highest BCUT2D eigenvalue weighted by Gasteiger charge is 2.24. The van der Waals surface area contributed by atoms with E-state index in [0.717, 1.165) is 44.6 Å². The van der Waals surface area contributed by atoms with E-state index in [9.17, 15) is 4.79 Å². The zero-order chi connectivity index (χ0) is 19.5. The molecule has 2 aromatic rings. The predicted molar refractivity (Wildman–Crippen MR) is 119 cm³/mol. The molecule has 2 nitrogen and oxygen atoms in total. The molecule has 0 N–H and O–H groups in total. The van der Waals surface area contributed by atoms with Gasteiger partial charge in [0.2, 0.25) is 0 Å². The van der Waals surface area contributed by atoms with Gasteiger partial charge in [-0.3, -0.25) is 0 Å².